The number of hydrogen-bond donors (Lipinski definition) is 0. The van der Waals surface area contributed by atoms with Crippen molar-refractivity contribution in [2.75, 3.05) is 6.54 Å². The van der Waals surface area contributed by atoms with E-state index in [0.29, 0.717) is 29.2 Å². The average Bonchev–Trinajstić information content (AvgIpc) is 3.11. The predicted molar refractivity (Wildman–Crippen MR) is 80.4 cm³/mol. The highest BCUT2D eigenvalue weighted by atomic mass is 35.5. The summed E-state index contributed by atoms with van der Waals surface area (Å²) in [4.78, 5) is 14.2. The highest BCUT2D eigenvalue weighted by Gasteiger charge is 2.32. The van der Waals surface area contributed by atoms with Gasteiger partial charge in [0.05, 0.1) is 5.69 Å². The lowest BCUT2D eigenvalue weighted by Gasteiger charge is -2.24. The molecule has 116 valence electrons. The van der Waals surface area contributed by atoms with E-state index in [-0.39, 0.29) is 23.5 Å². The van der Waals surface area contributed by atoms with Crippen LogP contribution in [0.25, 0.3) is 0 Å². The maximum Gasteiger partial charge on any atom is 0.292 e. The van der Waals surface area contributed by atoms with Gasteiger partial charge in [0.1, 0.15) is 5.82 Å². The second kappa shape index (κ2) is 6.08. The molecule has 0 N–H and O–H groups in total. The number of rotatable bonds is 3. The molecule has 1 atom stereocenters. The van der Waals surface area contributed by atoms with Crippen LogP contribution >= 0.6 is 11.6 Å². The van der Waals surface area contributed by atoms with Crippen molar-refractivity contribution >= 4 is 17.5 Å². The highest BCUT2D eigenvalue weighted by molar-refractivity contribution is 6.31. The molecule has 1 aromatic carbocycles. The third-order valence-corrected chi connectivity index (χ3v) is 4.33. The molecule has 0 saturated carbocycles. The van der Waals surface area contributed by atoms with Gasteiger partial charge in [0, 0.05) is 29.2 Å². The molecule has 1 aliphatic rings. The van der Waals surface area contributed by atoms with Crippen molar-refractivity contribution in [1.29, 1.82) is 0 Å². The first-order valence-electron chi connectivity index (χ1n) is 7.23. The normalized spacial score (nSPS) is 18.0. The van der Waals surface area contributed by atoms with E-state index in [1.165, 1.54) is 6.07 Å². The van der Waals surface area contributed by atoms with Crippen molar-refractivity contribution in [3.05, 3.63) is 52.1 Å². The smallest absolute Gasteiger partial charge is 0.292 e. The number of halogens is 2. The lowest BCUT2D eigenvalue weighted by Crippen LogP contribution is -2.36. The van der Waals surface area contributed by atoms with Crippen molar-refractivity contribution in [2.45, 2.75) is 32.2 Å². The number of nitrogens with zero attached hydrogens (tertiary/aromatic N) is 2. The van der Waals surface area contributed by atoms with Gasteiger partial charge in [0.2, 0.25) is 5.76 Å². The lowest BCUT2D eigenvalue weighted by molar-refractivity contribution is 0.0693. The molecule has 0 unspecified atom stereocenters. The van der Waals surface area contributed by atoms with Crippen molar-refractivity contribution < 1.29 is 13.7 Å². The molecule has 0 bridgehead atoms. The van der Waals surface area contributed by atoms with Crippen molar-refractivity contribution in [3.8, 4) is 0 Å². The molecule has 4 nitrogen and oxygen atoms in total. The Labute approximate surface area is 132 Å². The molecule has 1 aromatic heterocycles. The Morgan fingerprint density at radius 1 is 1.55 bits per heavy atom. The third kappa shape index (κ3) is 2.86. The second-order valence-corrected chi connectivity index (χ2v) is 5.94. The Morgan fingerprint density at radius 3 is 3.05 bits per heavy atom. The first-order chi connectivity index (χ1) is 10.6. The van der Waals surface area contributed by atoms with Crippen molar-refractivity contribution in [3.63, 3.8) is 0 Å². The molecule has 6 heteroatoms. The molecule has 0 aliphatic carbocycles. The molecule has 1 saturated heterocycles. The molecular weight excluding hydrogens is 307 g/mol. The highest BCUT2D eigenvalue weighted by Crippen LogP contribution is 2.27. The van der Waals surface area contributed by atoms with Gasteiger partial charge in [-0.3, -0.25) is 4.79 Å². The van der Waals surface area contributed by atoms with Gasteiger partial charge >= 0.3 is 0 Å². The van der Waals surface area contributed by atoms with Gasteiger partial charge in [-0.25, -0.2) is 4.39 Å². The van der Waals surface area contributed by atoms with E-state index in [1.54, 1.807) is 30.0 Å². The van der Waals surface area contributed by atoms with Gasteiger partial charge < -0.3 is 9.42 Å². The van der Waals surface area contributed by atoms with Crippen LogP contribution in [-0.4, -0.2) is 28.6 Å². The van der Waals surface area contributed by atoms with Gasteiger partial charge in [-0.2, -0.15) is 0 Å². The van der Waals surface area contributed by atoms with Crippen LogP contribution in [0.5, 0.6) is 0 Å². The molecule has 1 amide bonds. The number of aromatic nitrogens is 1. The summed E-state index contributed by atoms with van der Waals surface area (Å²) < 4.78 is 19.0. The zero-order valence-electron chi connectivity index (χ0n) is 12.2. The topological polar surface area (TPSA) is 46.3 Å². The zero-order valence-corrected chi connectivity index (χ0v) is 12.9. The molecule has 3 rings (SSSR count). The average molecular weight is 323 g/mol. The Morgan fingerprint density at radius 2 is 2.36 bits per heavy atom. The largest absolute Gasteiger partial charge is 0.351 e. The van der Waals surface area contributed by atoms with Crippen LogP contribution < -0.4 is 0 Å². The number of hydrogen-bond acceptors (Lipinski definition) is 3. The third-order valence-electron chi connectivity index (χ3n) is 3.98. The fourth-order valence-electron chi connectivity index (χ4n) is 2.88. The van der Waals surface area contributed by atoms with E-state index in [9.17, 15) is 9.18 Å². The Hall–Kier alpha value is -1.88. The van der Waals surface area contributed by atoms with Crippen LogP contribution in [0.4, 0.5) is 4.39 Å². The Bertz CT molecular complexity index is 681. The maximum atomic E-state index is 13.9. The van der Waals surface area contributed by atoms with E-state index in [0.717, 1.165) is 12.8 Å². The van der Waals surface area contributed by atoms with Gasteiger partial charge in [-0.15, -0.1) is 0 Å². The first kappa shape index (κ1) is 15.0. The summed E-state index contributed by atoms with van der Waals surface area (Å²) in [5.74, 6) is -0.304. The van der Waals surface area contributed by atoms with Gasteiger partial charge in [-0.1, -0.05) is 22.8 Å². The molecule has 1 fully saturated rings. The summed E-state index contributed by atoms with van der Waals surface area (Å²) in [6, 6.07) is 6.18. The summed E-state index contributed by atoms with van der Waals surface area (Å²) in [7, 11) is 0. The predicted octanol–water partition coefficient (Wildman–Crippen LogP) is 3.62. The molecule has 1 aliphatic heterocycles. The van der Waals surface area contributed by atoms with Crippen LogP contribution in [-0.2, 0) is 6.42 Å². The van der Waals surface area contributed by atoms with Crippen LogP contribution in [0.1, 0.15) is 34.7 Å². The standard InChI is InChI=1S/C16H16ClFN2O2/c1-10-8-15(22-19-10)16(21)20-7-3-4-11(20)9-12-13(17)5-2-6-14(12)18/h2,5-6,8,11H,3-4,7,9H2,1H3/t11-/m0/s1. The van der Waals surface area contributed by atoms with Crippen LogP contribution in [0, 0.1) is 12.7 Å². The molecule has 2 aromatic rings. The minimum absolute atomic E-state index is 0.0766. The summed E-state index contributed by atoms with van der Waals surface area (Å²) in [6.07, 6.45) is 2.11. The summed E-state index contributed by atoms with van der Waals surface area (Å²) >= 11 is 6.08. The summed E-state index contributed by atoms with van der Waals surface area (Å²) in [5.41, 5.74) is 1.12. The second-order valence-electron chi connectivity index (χ2n) is 5.53. The Kier molecular flexibility index (Phi) is 4.16. The lowest BCUT2D eigenvalue weighted by atomic mass is 10.0. The van der Waals surface area contributed by atoms with Crippen LogP contribution in [0.2, 0.25) is 5.02 Å². The zero-order chi connectivity index (χ0) is 15.7. The molecule has 22 heavy (non-hydrogen) atoms. The minimum Gasteiger partial charge on any atom is -0.351 e. The fourth-order valence-corrected chi connectivity index (χ4v) is 3.12. The number of carbonyl (C=O) groups is 1. The summed E-state index contributed by atoms with van der Waals surface area (Å²) in [6.45, 7) is 2.40. The molecule has 0 radical (unpaired) electrons. The van der Waals surface area contributed by atoms with Gasteiger partial charge in [-0.05, 0) is 38.3 Å². The molecule has 0 spiro atoms. The van der Waals surface area contributed by atoms with Crippen molar-refractivity contribution in [1.82, 2.24) is 10.1 Å². The number of carbonyl (C=O) groups excluding carboxylic acids is 1. The quantitative estimate of drug-likeness (QED) is 0.867. The minimum atomic E-state index is -0.331. The first-order valence-corrected chi connectivity index (χ1v) is 7.61. The van der Waals surface area contributed by atoms with Crippen molar-refractivity contribution in [2.24, 2.45) is 0 Å². The number of benzene rings is 1. The molecular formula is C16H16ClFN2O2. The maximum absolute atomic E-state index is 13.9. The van der Waals surface area contributed by atoms with Gasteiger partial charge in [0.25, 0.3) is 5.91 Å². The number of amides is 1. The van der Waals surface area contributed by atoms with E-state index >= 15 is 0 Å². The van der Waals surface area contributed by atoms with Gasteiger partial charge in [0.15, 0.2) is 0 Å². The van der Waals surface area contributed by atoms with E-state index in [4.69, 9.17) is 16.1 Å². The van der Waals surface area contributed by atoms with E-state index < -0.39 is 0 Å². The van der Waals surface area contributed by atoms with Crippen LogP contribution in [0.3, 0.4) is 0 Å². The fraction of sp³-hybridized carbons (Fsp3) is 0.375. The van der Waals surface area contributed by atoms with E-state index in [1.807, 2.05) is 0 Å². The van der Waals surface area contributed by atoms with E-state index in [2.05, 4.69) is 5.16 Å². The summed E-state index contributed by atoms with van der Waals surface area (Å²) in [5, 5.41) is 4.14. The Balaban J connectivity index is 1.80. The molecule has 2 heterocycles. The number of aryl methyl sites for hydroxylation is 1. The monoisotopic (exact) mass is 322 g/mol. The number of likely N-dealkylation sites (tertiary alicyclic amines) is 1. The van der Waals surface area contributed by atoms with Crippen LogP contribution in [0.15, 0.2) is 28.8 Å². The SMILES string of the molecule is Cc1cc(C(=O)N2CCC[C@H]2Cc2c(F)cccc2Cl)on1.